The Balaban J connectivity index is 1.41. The molecule has 4 aliphatic carbocycles. The van der Waals surface area contributed by atoms with Gasteiger partial charge in [0.1, 0.15) is 5.60 Å². The average molecular weight is 586 g/mol. The Hall–Kier alpha value is -3.00. The van der Waals surface area contributed by atoms with Crippen LogP contribution in [-0.4, -0.2) is 35.6 Å². The minimum absolute atomic E-state index is 0.0142. The standard InChI is InChI=1S/C34H36F5NO2/c1-31-19-28(22-10-8-21(9-11-22)20-40(2)24-6-4-3-5-7-24)30-26-15-13-25(41)18-23(26)12-14-27(30)29(31)16-17-32(31,42)33(35,36)34(37,38)39/h3-11,18,27-29,42H,12-17,19-20H2,1-2H3/t27-,28+,29-,31-,32+/m0/s1. The van der Waals surface area contributed by atoms with Gasteiger partial charge in [0.2, 0.25) is 0 Å². The molecule has 8 heteroatoms. The predicted molar refractivity (Wildman–Crippen MR) is 151 cm³/mol. The maximum absolute atomic E-state index is 15.2. The summed E-state index contributed by atoms with van der Waals surface area (Å²) >= 11 is 0. The maximum Gasteiger partial charge on any atom is 0.456 e. The summed E-state index contributed by atoms with van der Waals surface area (Å²) in [4.78, 5) is 14.4. The molecular formula is C34H36F5NO2. The first kappa shape index (κ1) is 29.1. The molecule has 42 heavy (non-hydrogen) atoms. The first-order chi connectivity index (χ1) is 19.8. The first-order valence-electron chi connectivity index (χ1n) is 14.8. The number of halogens is 5. The van der Waals surface area contributed by atoms with E-state index in [1.165, 1.54) is 6.92 Å². The number of hydrogen-bond acceptors (Lipinski definition) is 3. The normalized spacial score (nSPS) is 31.3. The van der Waals surface area contributed by atoms with Crippen molar-refractivity contribution in [2.24, 2.45) is 17.3 Å². The number of benzene rings is 2. The number of para-hydroxylation sites is 1. The van der Waals surface area contributed by atoms with Crippen LogP contribution in [0.5, 0.6) is 0 Å². The van der Waals surface area contributed by atoms with Crippen LogP contribution in [0.25, 0.3) is 0 Å². The van der Waals surface area contributed by atoms with Crippen molar-refractivity contribution in [3.8, 4) is 0 Å². The van der Waals surface area contributed by atoms with Crippen LogP contribution >= 0.6 is 0 Å². The fourth-order valence-electron chi connectivity index (χ4n) is 8.62. The van der Waals surface area contributed by atoms with Crippen LogP contribution in [0.15, 0.2) is 77.4 Å². The number of fused-ring (bicyclic) bond motifs is 4. The average Bonchev–Trinajstić information content (AvgIpc) is 3.24. The highest BCUT2D eigenvalue weighted by Gasteiger charge is 2.79. The zero-order chi connectivity index (χ0) is 30.1. The number of alkyl halides is 5. The minimum atomic E-state index is -5.85. The number of hydrogen-bond donors (Lipinski definition) is 1. The lowest BCUT2D eigenvalue weighted by Gasteiger charge is -2.56. The van der Waals surface area contributed by atoms with Crippen molar-refractivity contribution in [3.63, 3.8) is 0 Å². The molecule has 224 valence electrons. The van der Waals surface area contributed by atoms with Crippen LogP contribution < -0.4 is 4.90 Å². The van der Waals surface area contributed by atoms with E-state index in [1.807, 2.05) is 61.6 Å². The van der Waals surface area contributed by atoms with Crippen molar-refractivity contribution in [1.82, 2.24) is 0 Å². The highest BCUT2D eigenvalue weighted by Crippen LogP contribution is 2.70. The number of allylic oxidation sites excluding steroid dienone is 4. The minimum Gasteiger partial charge on any atom is -0.383 e. The van der Waals surface area contributed by atoms with Gasteiger partial charge in [-0.1, -0.05) is 55.0 Å². The smallest absolute Gasteiger partial charge is 0.383 e. The quantitative estimate of drug-likeness (QED) is 0.360. The molecule has 5 atom stereocenters. The van der Waals surface area contributed by atoms with Gasteiger partial charge >= 0.3 is 12.1 Å². The monoisotopic (exact) mass is 585 g/mol. The summed E-state index contributed by atoms with van der Waals surface area (Å²) in [7, 11) is 1.99. The molecule has 0 aromatic heterocycles. The highest BCUT2D eigenvalue weighted by molar-refractivity contribution is 5.93. The van der Waals surface area contributed by atoms with Crippen molar-refractivity contribution in [2.45, 2.75) is 82.0 Å². The molecule has 0 aliphatic heterocycles. The molecule has 2 aromatic rings. The molecule has 0 spiro atoms. The van der Waals surface area contributed by atoms with E-state index in [0.29, 0.717) is 32.2 Å². The Morgan fingerprint density at radius 3 is 2.31 bits per heavy atom. The van der Waals surface area contributed by atoms with Gasteiger partial charge in [0, 0.05) is 37.0 Å². The van der Waals surface area contributed by atoms with Gasteiger partial charge in [-0.3, -0.25) is 4.79 Å². The summed E-state index contributed by atoms with van der Waals surface area (Å²) in [6, 6.07) is 17.8. The van der Waals surface area contributed by atoms with Crippen LogP contribution in [0.3, 0.4) is 0 Å². The number of nitrogens with zero attached hydrogens (tertiary/aromatic N) is 1. The Kier molecular flexibility index (Phi) is 6.95. The van der Waals surface area contributed by atoms with E-state index in [-0.39, 0.29) is 24.5 Å². The molecule has 0 saturated heterocycles. The Morgan fingerprint density at radius 1 is 0.952 bits per heavy atom. The first-order valence-corrected chi connectivity index (χ1v) is 14.8. The zero-order valence-corrected chi connectivity index (χ0v) is 23.9. The summed E-state index contributed by atoms with van der Waals surface area (Å²) in [5.74, 6) is -6.33. The van der Waals surface area contributed by atoms with Crippen molar-refractivity contribution in [1.29, 1.82) is 0 Å². The molecule has 1 N–H and O–H groups in total. The van der Waals surface area contributed by atoms with Crippen molar-refractivity contribution < 1.29 is 31.9 Å². The van der Waals surface area contributed by atoms with E-state index in [4.69, 9.17) is 0 Å². The number of aliphatic hydroxyl groups is 1. The summed E-state index contributed by atoms with van der Waals surface area (Å²) in [6.45, 7) is 2.09. The second kappa shape index (κ2) is 10.0. The highest BCUT2D eigenvalue weighted by atomic mass is 19.4. The van der Waals surface area contributed by atoms with Crippen LogP contribution in [0.2, 0.25) is 0 Å². The van der Waals surface area contributed by atoms with Gasteiger partial charge in [-0.05, 0) is 90.8 Å². The molecule has 2 aromatic carbocycles. The fourth-order valence-corrected chi connectivity index (χ4v) is 8.62. The molecule has 0 unspecified atom stereocenters. The summed E-state index contributed by atoms with van der Waals surface area (Å²) in [5, 5.41) is 11.4. The van der Waals surface area contributed by atoms with Gasteiger partial charge in [-0.2, -0.15) is 22.0 Å². The predicted octanol–water partition coefficient (Wildman–Crippen LogP) is 8.15. The van der Waals surface area contributed by atoms with Crippen molar-refractivity contribution >= 4 is 11.5 Å². The number of carbonyl (C=O) groups is 1. The molecule has 4 aliphatic rings. The SMILES string of the molecule is CN(Cc1ccc([C@H]2C[C@@]3(C)[C@@H](CC[C@]3(O)C(F)(F)C(F)(F)F)[C@@H]3CCC4=CC(=O)CCC4=C32)cc1)c1ccccc1. The second-order valence-corrected chi connectivity index (χ2v) is 12.9. The third-order valence-corrected chi connectivity index (χ3v) is 10.8. The number of ketones is 1. The second-order valence-electron chi connectivity index (χ2n) is 12.9. The van der Waals surface area contributed by atoms with Gasteiger partial charge in [-0.25, -0.2) is 0 Å². The largest absolute Gasteiger partial charge is 0.456 e. The van der Waals surface area contributed by atoms with Crippen LogP contribution in [0.1, 0.15) is 68.9 Å². The zero-order valence-electron chi connectivity index (χ0n) is 23.9. The molecular weight excluding hydrogens is 549 g/mol. The van der Waals surface area contributed by atoms with E-state index in [0.717, 1.165) is 33.5 Å². The number of anilines is 1. The topological polar surface area (TPSA) is 40.5 Å². The van der Waals surface area contributed by atoms with Gasteiger partial charge in [0.25, 0.3) is 0 Å². The Labute approximate surface area is 243 Å². The fraction of sp³-hybridized carbons (Fsp3) is 0.500. The van der Waals surface area contributed by atoms with Crippen molar-refractivity contribution in [2.75, 3.05) is 11.9 Å². The van der Waals surface area contributed by atoms with Gasteiger partial charge in [-0.15, -0.1) is 0 Å². The molecule has 0 heterocycles. The molecule has 0 radical (unpaired) electrons. The van der Waals surface area contributed by atoms with E-state index < -0.39 is 41.4 Å². The Bertz CT molecular complexity index is 1430. The lowest BCUT2D eigenvalue weighted by molar-refractivity contribution is -0.362. The van der Waals surface area contributed by atoms with Crippen molar-refractivity contribution in [3.05, 3.63) is 88.5 Å². The third-order valence-electron chi connectivity index (χ3n) is 10.8. The number of rotatable bonds is 5. The van der Waals surface area contributed by atoms with Crippen LogP contribution in [0.4, 0.5) is 27.6 Å². The summed E-state index contributed by atoms with van der Waals surface area (Å²) < 4.78 is 71.7. The van der Waals surface area contributed by atoms with Gasteiger partial charge in [0.05, 0.1) is 0 Å². The number of carbonyl (C=O) groups excluding carboxylic acids is 1. The van der Waals surface area contributed by atoms with E-state index in [9.17, 15) is 23.1 Å². The lowest BCUT2D eigenvalue weighted by Crippen LogP contribution is -2.65. The molecule has 0 bridgehead atoms. The lowest BCUT2D eigenvalue weighted by atomic mass is 9.50. The molecule has 0 amide bonds. The van der Waals surface area contributed by atoms with Gasteiger partial charge in [0.15, 0.2) is 5.78 Å². The van der Waals surface area contributed by atoms with Gasteiger partial charge < -0.3 is 10.0 Å². The molecule has 6 rings (SSSR count). The maximum atomic E-state index is 15.2. The van der Waals surface area contributed by atoms with Crippen LogP contribution in [0, 0.1) is 17.3 Å². The molecule has 3 nitrogen and oxygen atoms in total. The summed E-state index contributed by atoms with van der Waals surface area (Å²) in [6.07, 6.45) is -2.59. The molecule has 2 saturated carbocycles. The van der Waals surface area contributed by atoms with E-state index in [1.54, 1.807) is 6.08 Å². The van der Waals surface area contributed by atoms with Crippen LogP contribution in [-0.2, 0) is 11.3 Å². The van der Waals surface area contributed by atoms with E-state index >= 15 is 8.78 Å². The van der Waals surface area contributed by atoms with E-state index in [2.05, 4.69) is 4.90 Å². The Morgan fingerprint density at radius 2 is 1.64 bits per heavy atom. The third kappa shape index (κ3) is 4.35. The summed E-state index contributed by atoms with van der Waals surface area (Å²) in [5.41, 5.74) is 1.21. The molecule has 2 fully saturated rings.